The molecule has 8 heteroatoms. The van der Waals surface area contributed by atoms with E-state index in [0.717, 1.165) is 6.20 Å². The third kappa shape index (κ3) is 2.09. The van der Waals surface area contributed by atoms with Gasteiger partial charge in [-0.2, -0.15) is 13.2 Å². The minimum absolute atomic E-state index is 0.0282. The molecule has 0 spiro atoms. The Kier molecular flexibility index (Phi) is 2.67. The van der Waals surface area contributed by atoms with Crippen molar-refractivity contribution in [1.82, 2.24) is 9.97 Å². The van der Waals surface area contributed by atoms with Gasteiger partial charge in [-0.25, -0.2) is 14.8 Å². The number of nitrogens with zero attached hydrogens (tertiary/aromatic N) is 2. The van der Waals surface area contributed by atoms with Gasteiger partial charge in [0.2, 0.25) is 5.95 Å². The summed E-state index contributed by atoms with van der Waals surface area (Å²) in [6, 6.07) is 0. The highest BCUT2D eigenvalue weighted by molar-refractivity contribution is 5.88. The van der Waals surface area contributed by atoms with E-state index in [1.807, 2.05) is 0 Å². The Morgan fingerprint density at radius 1 is 1.50 bits per heavy atom. The van der Waals surface area contributed by atoms with Gasteiger partial charge < -0.3 is 10.4 Å². The first kappa shape index (κ1) is 12.6. The molecule has 1 aliphatic carbocycles. The molecule has 0 unspecified atom stereocenters. The van der Waals surface area contributed by atoms with Crippen molar-refractivity contribution < 1.29 is 23.1 Å². The standard InChI is InChI=1S/C10H10F3N3O2/c1-5-6(7(17)18)4-14-8(15-5)16-9(2-3-9)10(11,12)13/h4H,2-3H2,1H3,(H,17,18)(H,14,15,16). The predicted octanol–water partition coefficient (Wildman–Crippen LogP) is 1.99. The van der Waals surface area contributed by atoms with E-state index >= 15 is 0 Å². The van der Waals surface area contributed by atoms with Crippen LogP contribution in [0, 0.1) is 6.92 Å². The molecule has 0 aliphatic heterocycles. The number of carboxylic acids is 1. The summed E-state index contributed by atoms with van der Waals surface area (Å²) in [6.45, 7) is 1.41. The number of aromatic nitrogens is 2. The molecule has 2 N–H and O–H groups in total. The molecule has 1 saturated carbocycles. The average Bonchev–Trinajstić information content (AvgIpc) is 2.97. The average molecular weight is 261 g/mol. The number of hydrogen-bond acceptors (Lipinski definition) is 4. The SMILES string of the molecule is Cc1nc(NC2(C(F)(F)F)CC2)ncc1C(=O)O. The molecule has 1 heterocycles. The summed E-state index contributed by atoms with van der Waals surface area (Å²) in [5.41, 5.74) is -1.96. The number of halogens is 3. The summed E-state index contributed by atoms with van der Waals surface area (Å²) < 4.78 is 38.0. The molecular weight excluding hydrogens is 251 g/mol. The van der Waals surface area contributed by atoms with Crippen LogP contribution < -0.4 is 5.32 Å². The number of carboxylic acid groups (broad SMARTS) is 1. The number of aryl methyl sites for hydroxylation is 1. The van der Waals surface area contributed by atoms with Gasteiger partial charge in [-0.05, 0) is 19.8 Å². The second kappa shape index (κ2) is 3.82. The van der Waals surface area contributed by atoms with Crippen LogP contribution in [0.4, 0.5) is 19.1 Å². The number of hydrogen-bond donors (Lipinski definition) is 2. The van der Waals surface area contributed by atoms with Crippen molar-refractivity contribution in [2.75, 3.05) is 5.32 Å². The van der Waals surface area contributed by atoms with Gasteiger partial charge in [0.05, 0.1) is 11.3 Å². The first-order valence-electron chi connectivity index (χ1n) is 5.17. The highest BCUT2D eigenvalue weighted by atomic mass is 19.4. The minimum atomic E-state index is -4.37. The van der Waals surface area contributed by atoms with Gasteiger partial charge in [0.25, 0.3) is 0 Å². The maximum atomic E-state index is 12.7. The fourth-order valence-corrected chi connectivity index (χ4v) is 1.56. The smallest absolute Gasteiger partial charge is 0.411 e. The second-order valence-electron chi connectivity index (χ2n) is 4.20. The fourth-order valence-electron chi connectivity index (χ4n) is 1.56. The Morgan fingerprint density at radius 2 is 2.11 bits per heavy atom. The van der Waals surface area contributed by atoms with E-state index in [-0.39, 0.29) is 30.0 Å². The number of anilines is 1. The quantitative estimate of drug-likeness (QED) is 0.870. The van der Waals surface area contributed by atoms with Crippen LogP contribution in [-0.2, 0) is 0 Å². The number of carbonyl (C=O) groups is 1. The third-order valence-corrected chi connectivity index (χ3v) is 2.85. The summed E-state index contributed by atoms with van der Waals surface area (Å²) in [5.74, 6) is -1.41. The molecule has 1 fully saturated rings. The van der Waals surface area contributed by atoms with E-state index in [2.05, 4.69) is 15.3 Å². The second-order valence-corrected chi connectivity index (χ2v) is 4.20. The van der Waals surface area contributed by atoms with Gasteiger partial charge in [-0.3, -0.25) is 0 Å². The highest BCUT2D eigenvalue weighted by Gasteiger charge is 2.64. The topological polar surface area (TPSA) is 75.1 Å². The first-order valence-corrected chi connectivity index (χ1v) is 5.17. The van der Waals surface area contributed by atoms with E-state index in [1.165, 1.54) is 6.92 Å². The summed E-state index contributed by atoms with van der Waals surface area (Å²) in [5, 5.41) is 11.0. The van der Waals surface area contributed by atoms with Gasteiger partial charge in [0.15, 0.2) is 0 Å². The molecule has 0 atom stereocenters. The Balaban J connectivity index is 2.22. The van der Waals surface area contributed by atoms with Gasteiger partial charge >= 0.3 is 12.1 Å². The predicted molar refractivity (Wildman–Crippen MR) is 55.4 cm³/mol. The maximum absolute atomic E-state index is 12.7. The molecular formula is C10H10F3N3O2. The molecule has 18 heavy (non-hydrogen) atoms. The van der Waals surface area contributed by atoms with Crippen molar-refractivity contribution in [3.05, 3.63) is 17.5 Å². The zero-order valence-electron chi connectivity index (χ0n) is 9.38. The zero-order valence-corrected chi connectivity index (χ0v) is 9.38. The highest BCUT2D eigenvalue weighted by Crippen LogP contribution is 2.50. The van der Waals surface area contributed by atoms with Gasteiger partial charge in [0, 0.05) is 6.20 Å². The summed E-state index contributed by atoms with van der Waals surface area (Å²) >= 11 is 0. The molecule has 2 rings (SSSR count). The molecule has 0 aromatic carbocycles. The van der Waals surface area contributed by atoms with Gasteiger partial charge in [-0.1, -0.05) is 0 Å². The Morgan fingerprint density at radius 3 is 2.50 bits per heavy atom. The molecule has 0 saturated heterocycles. The van der Waals surface area contributed by atoms with E-state index in [9.17, 15) is 18.0 Å². The normalized spacial score (nSPS) is 17.3. The van der Waals surface area contributed by atoms with Crippen LogP contribution in [0.15, 0.2) is 6.20 Å². The number of alkyl halides is 3. The van der Waals surface area contributed by atoms with E-state index in [1.54, 1.807) is 0 Å². The molecule has 98 valence electrons. The van der Waals surface area contributed by atoms with E-state index in [0.29, 0.717) is 0 Å². The van der Waals surface area contributed by atoms with Crippen molar-refractivity contribution in [3.8, 4) is 0 Å². The molecule has 1 aromatic rings. The lowest BCUT2D eigenvalue weighted by atomic mass is 10.2. The van der Waals surface area contributed by atoms with E-state index < -0.39 is 17.7 Å². The number of aromatic carboxylic acids is 1. The third-order valence-electron chi connectivity index (χ3n) is 2.85. The fraction of sp³-hybridized carbons (Fsp3) is 0.500. The Labute approximate surface area is 100 Å². The van der Waals surface area contributed by atoms with Crippen molar-refractivity contribution in [2.24, 2.45) is 0 Å². The zero-order chi connectivity index (χ0) is 13.6. The first-order chi connectivity index (χ1) is 8.25. The van der Waals surface area contributed by atoms with Crippen LogP contribution in [0.25, 0.3) is 0 Å². The lowest BCUT2D eigenvalue weighted by molar-refractivity contribution is -0.151. The largest absolute Gasteiger partial charge is 0.478 e. The lowest BCUT2D eigenvalue weighted by Gasteiger charge is -2.20. The summed E-state index contributed by atoms with van der Waals surface area (Å²) in [4.78, 5) is 18.0. The van der Waals surface area contributed by atoms with Crippen LogP contribution >= 0.6 is 0 Å². The van der Waals surface area contributed by atoms with Crippen LogP contribution in [0.5, 0.6) is 0 Å². The number of nitrogens with one attached hydrogen (secondary N) is 1. The molecule has 1 aromatic heterocycles. The maximum Gasteiger partial charge on any atom is 0.411 e. The minimum Gasteiger partial charge on any atom is -0.478 e. The lowest BCUT2D eigenvalue weighted by Crippen LogP contribution is -2.39. The molecule has 1 aliphatic rings. The molecule has 0 radical (unpaired) electrons. The summed E-state index contributed by atoms with van der Waals surface area (Å²) in [6.07, 6.45) is -3.42. The van der Waals surface area contributed by atoms with Crippen LogP contribution in [-0.4, -0.2) is 32.8 Å². The van der Waals surface area contributed by atoms with Crippen molar-refractivity contribution in [3.63, 3.8) is 0 Å². The molecule has 5 nitrogen and oxygen atoms in total. The molecule has 0 bridgehead atoms. The van der Waals surface area contributed by atoms with Crippen molar-refractivity contribution in [2.45, 2.75) is 31.5 Å². The van der Waals surface area contributed by atoms with Crippen LogP contribution in [0.3, 0.4) is 0 Å². The van der Waals surface area contributed by atoms with Crippen LogP contribution in [0.2, 0.25) is 0 Å². The van der Waals surface area contributed by atoms with Gasteiger partial charge in [0.1, 0.15) is 5.54 Å². The Bertz CT molecular complexity index is 498. The van der Waals surface area contributed by atoms with Gasteiger partial charge in [-0.15, -0.1) is 0 Å². The Hall–Kier alpha value is -1.86. The molecule has 0 amide bonds. The van der Waals surface area contributed by atoms with E-state index in [4.69, 9.17) is 5.11 Å². The number of rotatable bonds is 3. The monoisotopic (exact) mass is 261 g/mol. The van der Waals surface area contributed by atoms with Crippen molar-refractivity contribution >= 4 is 11.9 Å². The van der Waals surface area contributed by atoms with Crippen molar-refractivity contribution in [1.29, 1.82) is 0 Å². The van der Waals surface area contributed by atoms with Crippen LogP contribution in [0.1, 0.15) is 28.9 Å². The summed E-state index contributed by atoms with van der Waals surface area (Å²) in [7, 11) is 0.